The molecule has 0 amide bonds. The van der Waals surface area contributed by atoms with Gasteiger partial charge in [0.05, 0.1) is 0 Å². The van der Waals surface area contributed by atoms with E-state index in [2.05, 4.69) is 15.0 Å². The van der Waals surface area contributed by atoms with E-state index in [-0.39, 0.29) is 4.90 Å². The van der Waals surface area contributed by atoms with Gasteiger partial charge in [0.15, 0.2) is 0 Å². The van der Waals surface area contributed by atoms with E-state index in [1.807, 2.05) is 26.8 Å². The highest BCUT2D eigenvalue weighted by atomic mass is 32.2. The number of sulfonamides is 1. The molecule has 2 heterocycles. The van der Waals surface area contributed by atoms with Gasteiger partial charge in [0.25, 0.3) is 0 Å². The molecule has 0 radical (unpaired) electrons. The lowest BCUT2D eigenvalue weighted by Crippen LogP contribution is -2.23. The van der Waals surface area contributed by atoms with E-state index in [0.717, 1.165) is 11.4 Å². The molecule has 2 aromatic rings. The summed E-state index contributed by atoms with van der Waals surface area (Å²) >= 11 is 1.61. The first-order valence-corrected chi connectivity index (χ1v) is 8.98. The number of hydrogen-bond donors (Lipinski definition) is 2. The van der Waals surface area contributed by atoms with Crippen LogP contribution in [0.1, 0.15) is 22.2 Å². The quantitative estimate of drug-likeness (QED) is 0.856. The minimum atomic E-state index is -3.53. The number of nitrogens with zero attached hydrogens (tertiary/aromatic N) is 1. The van der Waals surface area contributed by atoms with Gasteiger partial charge in [-0.2, -0.15) is 0 Å². The molecular formula is C14H19N3O2S2. The molecule has 0 aromatic carbocycles. The van der Waals surface area contributed by atoms with Gasteiger partial charge in [0, 0.05) is 29.0 Å². The van der Waals surface area contributed by atoms with E-state index in [1.54, 1.807) is 23.5 Å². The number of thiophene rings is 1. The molecule has 0 atom stereocenters. The summed E-state index contributed by atoms with van der Waals surface area (Å²) in [4.78, 5) is 6.47. The van der Waals surface area contributed by atoms with Crippen molar-refractivity contribution in [3.63, 3.8) is 0 Å². The minimum absolute atomic E-state index is 0.175. The first-order chi connectivity index (χ1) is 9.92. The van der Waals surface area contributed by atoms with E-state index < -0.39 is 10.0 Å². The Morgan fingerprint density at radius 1 is 1.29 bits per heavy atom. The Morgan fingerprint density at radius 3 is 2.57 bits per heavy atom. The van der Waals surface area contributed by atoms with Crippen LogP contribution in [0.4, 0.5) is 5.82 Å². The second-order valence-electron chi connectivity index (χ2n) is 4.69. The highest BCUT2D eigenvalue weighted by Gasteiger charge is 2.15. The van der Waals surface area contributed by atoms with Crippen molar-refractivity contribution >= 4 is 27.2 Å². The highest BCUT2D eigenvalue weighted by molar-refractivity contribution is 7.89. The third-order valence-electron chi connectivity index (χ3n) is 3.06. The van der Waals surface area contributed by atoms with Gasteiger partial charge in [-0.3, -0.25) is 0 Å². The molecule has 0 aliphatic rings. The largest absolute Gasteiger partial charge is 0.370 e. The number of nitrogens with one attached hydrogen (secondary N) is 2. The number of hydrogen-bond acceptors (Lipinski definition) is 5. The summed E-state index contributed by atoms with van der Waals surface area (Å²) in [5, 5.41) is 3.03. The average molecular weight is 325 g/mol. The van der Waals surface area contributed by atoms with Crippen LogP contribution in [-0.2, 0) is 16.6 Å². The maximum atomic E-state index is 12.2. The van der Waals surface area contributed by atoms with Crippen LogP contribution in [0.5, 0.6) is 0 Å². The van der Waals surface area contributed by atoms with Crippen LogP contribution in [0.2, 0.25) is 0 Å². The predicted molar refractivity (Wildman–Crippen MR) is 86.2 cm³/mol. The first kappa shape index (κ1) is 15.9. The number of aromatic nitrogens is 1. The lowest BCUT2D eigenvalue weighted by molar-refractivity contribution is 0.581. The molecule has 0 unspecified atom stereocenters. The van der Waals surface area contributed by atoms with E-state index in [1.165, 1.54) is 16.6 Å². The van der Waals surface area contributed by atoms with Crippen LogP contribution in [0.3, 0.4) is 0 Å². The molecule has 0 fully saturated rings. The molecule has 7 heteroatoms. The molecule has 0 bridgehead atoms. The van der Waals surface area contributed by atoms with Gasteiger partial charge in [0.2, 0.25) is 10.0 Å². The summed E-state index contributed by atoms with van der Waals surface area (Å²) in [5.74, 6) is 0.668. The van der Waals surface area contributed by atoms with Gasteiger partial charge < -0.3 is 5.32 Å². The fourth-order valence-electron chi connectivity index (χ4n) is 1.81. The van der Waals surface area contributed by atoms with Crippen molar-refractivity contribution in [1.29, 1.82) is 0 Å². The summed E-state index contributed by atoms with van der Waals surface area (Å²) in [7, 11) is -3.53. The second-order valence-corrected chi connectivity index (χ2v) is 7.79. The Kier molecular flexibility index (Phi) is 4.97. The Balaban J connectivity index is 2.07. The maximum absolute atomic E-state index is 12.2. The van der Waals surface area contributed by atoms with Crippen molar-refractivity contribution in [2.45, 2.75) is 32.2 Å². The molecule has 0 saturated carbocycles. The minimum Gasteiger partial charge on any atom is -0.370 e. The van der Waals surface area contributed by atoms with Crippen molar-refractivity contribution in [2.75, 3.05) is 11.9 Å². The molecule has 0 aliphatic carbocycles. The number of pyridine rings is 1. The van der Waals surface area contributed by atoms with Gasteiger partial charge >= 0.3 is 0 Å². The summed E-state index contributed by atoms with van der Waals surface area (Å²) in [6.07, 6.45) is 1.37. The molecule has 2 N–H and O–H groups in total. The molecule has 0 saturated heterocycles. The third kappa shape index (κ3) is 4.03. The molecule has 114 valence electrons. The lowest BCUT2D eigenvalue weighted by Gasteiger charge is -2.07. The zero-order valence-corrected chi connectivity index (χ0v) is 13.9. The molecule has 2 rings (SSSR count). The van der Waals surface area contributed by atoms with Gasteiger partial charge in [-0.1, -0.05) is 0 Å². The van der Waals surface area contributed by atoms with Gasteiger partial charge in [0.1, 0.15) is 10.7 Å². The topological polar surface area (TPSA) is 71.1 Å². The van der Waals surface area contributed by atoms with Crippen LogP contribution in [0.25, 0.3) is 0 Å². The number of anilines is 1. The Morgan fingerprint density at radius 2 is 2.05 bits per heavy atom. The third-order valence-corrected chi connectivity index (χ3v) is 5.60. The first-order valence-electron chi connectivity index (χ1n) is 6.68. The van der Waals surface area contributed by atoms with Crippen molar-refractivity contribution in [3.05, 3.63) is 39.7 Å². The van der Waals surface area contributed by atoms with Gasteiger partial charge in [-0.15, -0.1) is 11.3 Å². The second kappa shape index (κ2) is 6.55. The van der Waals surface area contributed by atoms with Crippen LogP contribution < -0.4 is 10.0 Å². The summed E-state index contributed by atoms with van der Waals surface area (Å²) in [5.41, 5.74) is 1.19. The van der Waals surface area contributed by atoms with Crippen molar-refractivity contribution in [2.24, 2.45) is 0 Å². The van der Waals surface area contributed by atoms with Crippen molar-refractivity contribution in [3.8, 4) is 0 Å². The van der Waals surface area contributed by atoms with Crippen LogP contribution in [-0.4, -0.2) is 19.9 Å². The van der Waals surface area contributed by atoms with E-state index in [9.17, 15) is 8.42 Å². The molecule has 2 aromatic heterocycles. The van der Waals surface area contributed by atoms with Gasteiger partial charge in [-0.25, -0.2) is 18.1 Å². The van der Waals surface area contributed by atoms with E-state index in [0.29, 0.717) is 12.4 Å². The van der Waals surface area contributed by atoms with E-state index >= 15 is 0 Å². The SMILES string of the molecule is CCNc1ccc(S(=O)(=O)NCc2cc(C)c(C)s2)cn1. The number of rotatable bonds is 6. The molecule has 0 spiro atoms. The Labute approximate surface area is 129 Å². The van der Waals surface area contributed by atoms with Crippen molar-refractivity contribution in [1.82, 2.24) is 9.71 Å². The normalized spacial score (nSPS) is 11.6. The molecule has 5 nitrogen and oxygen atoms in total. The molecule has 0 aliphatic heterocycles. The van der Waals surface area contributed by atoms with Crippen LogP contribution in [0, 0.1) is 13.8 Å². The molecular weight excluding hydrogens is 306 g/mol. The van der Waals surface area contributed by atoms with Crippen LogP contribution >= 0.6 is 11.3 Å². The van der Waals surface area contributed by atoms with Crippen LogP contribution in [0.15, 0.2) is 29.3 Å². The fraction of sp³-hybridized carbons (Fsp3) is 0.357. The average Bonchev–Trinajstić information content (AvgIpc) is 2.77. The Hall–Kier alpha value is -1.44. The zero-order valence-electron chi connectivity index (χ0n) is 12.3. The molecule has 21 heavy (non-hydrogen) atoms. The number of aryl methyl sites for hydroxylation is 2. The summed E-state index contributed by atoms with van der Waals surface area (Å²) in [6, 6.07) is 5.23. The zero-order chi connectivity index (χ0) is 15.5. The lowest BCUT2D eigenvalue weighted by atomic mass is 10.3. The monoisotopic (exact) mass is 325 g/mol. The maximum Gasteiger partial charge on any atom is 0.242 e. The fourth-order valence-corrected chi connectivity index (χ4v) is 3.85. The standard InChI is InChI=1S/C14H19N3O2S2/c1-4-15-14-6-5-13(9-16-14)21(18,19)17-8-12-7-10(2)11(3)20-12/h5-7,9,17H,4,8H2,1-3H3,(H,15,16). The summed E-state index contributed by atoms with van der Waals surface area (Å²) < 4.78 is 27.0. The van der Waals surface area contributed by atoms with Crippen molar-refractivity contribution < 1.29 is 8.42 Å². The summed E-state index contributed by atoms with van der Waals surface area (Å²) in [6.45, 7) is 7.05. The van der Waals surface area contributed by atoms with Gasteiger partial charge in [-0.05, 0) is 44.5 Å². The highest BCUT2D eigenvalue weighted by Crippen LogP contribution is 2.21. The Bertz CT molecular complexity index is 687. The smallest absolute Gasteiger partial charge is 0.242 e. The predicted octanol–water partition coefficient (Wildman–Crippen LogP) is 2.67. The van der Waals surface area contributed by atoms with E-state index in [4.69, 9.17) is 0 Å².